The zero-order valence-electron chi connectivity index (χ0n) is 11.8. The lowest BCUT2D eigenvalue weighted by Gasteiger charge is -2.24. The van der Waals surface area contributed by atoms with E-state index in [-0.39, 0.29) is 24.5 Å². The Bertz CT molecular complexity index is 330. The van der Waals surface area contributed by atoms with Gasteiger partial charge in [-0.3, -0.25) is 9.59 Å². The van der Waals surface area contributed by atoms with Crippen molar-refractivity contribution >= 4 is 11.8 Å². The summed E-state index contributed by atoms with van der Waals surface area (Å²) in [6.07, 6.45) is -0.811. The predicted molar refractivity (Wildman–Crippen MR) is 66.8 cm³/mol. The first kappa shape index (κ1) is 15.1. The number of carbonyl (C=O) groups excluding carboxylic acids is 2. The number of hydrogen-bond acceptors (Lipinski definition) is 3. The minimum absolute atomic E-state index is 0.0361. The Labute approximate surface area is 108 Å². The number of carbonyl (C=O) groups is 2. The zero-order chi connectivity index (χ0) is 14.1. The number of esters is 1. The van der Waals surface area contributed by atoms with Crippen LogP contribution in [-0.4, -0.2) is 23.5 Å². The molecule has 2 unspecified atom stereocenters. The summed E-state index contributed by atoms with van der Waals surface area (Å²) in [5.41, 5.74) is -0.600. The standard InChI is InChI=1S/C14H23FO3/c1-8(2)12(16)10-6-9(15)7-11(10)13(17)18-14(3,4)5/h8-11H,6-7H2,1-5H3/t9-,10?,11?/m1/s1. The summed E-state index contributed by atoms with van der Waals surface area (Å²) >= 11 is 0. The zero-order valence-corrected chi connectivity index (χ0v) is 11.8. The van der Waals surface area contributed by atoms with E-state index < -0.39 is 29.6 Å². The van der Waals surface area contributed by atoms with Crippen molar-refractivity contribution in [1.29, 1.82) is 0 Å². The average Bonchev–Trinajstić information content (AvgIpc) is 2.56. The van der Waals surface area contributed by atoms with Crippen molar-refractivity contribution in [3.05, 3.63) is 0 Å². The van der Waals surface area contributed by atoms with Gasteiger partial charge in [-0.25, -0.2) is 4.39 Å². The first-order chi connectivity index (χ1) is 8.11. The van der Waals surface area contributed by atoms with E-state index >= 15 is 0 Å². The molecule has 1 fully saturated rings. The first-order valence-electron chi connectivity index (χ1n) is 6.52. The van der Waals surface area contributed by atoms with Crippen LogP contribution in [0.4, 0.5) is 4.39 Å². The van der Waals surface area contributed by atoms with Crippen molar-refractivity contribution in [1.82, 2.24) is 0 Å². The van der Waals surface area contributed by atoms with Gasteiger partial charge in [0.2, 0.25) is 0 Å². The summed E-state index contributed by atoms with van der Waals surface area (Å²) in [6, 6.07) is 0. The lowest BCUT2D eigenvalue weighted by atomic mass is 9.86. The first-order valence-corrected chi connectivity index (χ1v) is 6.52. The lowest BCUT2D eigenvalue weighted by molar-refractivity contribution is -0.163. The van der Waals surface area contributed by atoms with E-state index in [1.165, 1.54) is 0 Å². The molecule has 0 heterocycles. The van der Waals surface area contributed by atoms with Crippen molar-refractivity contribution in [2.24, 2.45) is 17.8 Å². The molecule has 0 N–H and O–H groups in total. The van der Waals surface area contributed by atoms with Crippen LogP contribution < -0.4 is 0 Å². The number of ketones is 1. The Balaban J connectivity index is 2.79. The summed E-state index contributed by atoms with van der Waals surface area (Å²) in [5.74, 6) is -1.79. The van der Waals surface area contributed by atoms with Crippen molar-refractivity contribution in [3.8, 4) is 0 Å². The molecule has 1 rings (SSSR count). The van der Waals surface area contributed by atoms with E-state index in [4.69, 9.17) is 4.74 Å². The summed E-state index contributed by atoms with van der Waals surface area (Å²) < 4.78 is 18.8. The van der Waals surface area contributed by atoms with E-state index in [1.807, 2.05) is 0 Å². The largest absolute Gasteiger partial charge is 0.460 e. The van der Waals surface area contributed by atoms with Crippen LogP contribution in [0.3, 0.4) is 0 Å². The third kappa shape index (κ3) is 3.79. The highest BCUT2D eigenvalue weighted by Gasteiger charge is 2.44. The smallest absolute Gasteiger partial charge is 0.310 e. The summed E-state index contributed by atoms with van der Waals surface area (Å²) in [6.45, 7) is 8.87. The molecule has 0 aromatic heterocycles. The van der Waals surface area contributed by atoms with Gasteiger partial charge in [0.05, 0.1) is 5.92 Å². The fourth-order valence-electron chi connectivity index (χ4n) is 2.36. The Morgan fingerprint density at radius 3 is 2.11 bits per heavy atom. The SMILES string of the molecule is CC(C)C(=O)C1C[C@@H](F)CC1C(=O)OC(C)(C)C. The van der Waals surface area contributed by atoms with Gasteiger partial charge < -0.3 is 4.74 Å². The Morgan fingerprint density at radius 1 is 1.17 bits per heavy atom. The third-order valence-electron chi connectivity index (χ3n) is 3.15. The van der Waals surface area contributed by atoms with Gasteiger partial charge in [0.1, 0.15) is 17.6 Å². The van der Waals surface area contributed by atoms with Crippen molar-refractivity contribution in [2.75, 3.05) is 0 Å². The second-order valence-corrected chi connectivity index (χ2v) is 6.37. The van der Waals surface area contributed by atoms with Gasteiger partial charge in [0.15, 0.2) is 0 Å². The number of rotatable bonds is 3. The maximum Gasteiger partial charge on any atom is 0.310 e. The van der Waals surface area contributed by atoms with Crippen molar-refractivity contribution in [3.63, 3.8) is 0 Å². The van der Waals surface area contributed by atoms with E-state index in [0.717, 1.165) is 0 Å². The molecule has 0 aromatic rings. The Kier molecular flexibility index (Phi) is 4.51. The summed E-state index contributed by atoms with van der Waals surface area (Å²) in [4.78, 5) is 24.0. The molecule has 18 heavy (non-hydrogen) atoms. The molecule has 1 saturated carbocycles. The highest BCUT2D eigenvalue weighted by atomic mass is 19.1. The number of Topliss-reactive ketones (excluding diaryl/α,β-unsaturated/α-hetero) is 1. The quantitative estimate of drug-likeness (QED) is 0.731. The molecule has 3 nitrogen and oxygen atoms in total. The van der Waals surface area contributed by atoms with Crippen LogP contribution in [-0.2, 0) is 14.3 Å². The van der Waals surface area contributed by atoms with Crippen molar-refractivity contribution < 1.29 is 18.7 Å². The fourth-order valence-corrected chi connectivity index (χ4v) is 2.36. The molecule has 3 atom stereocenters. The molecular formula is C14H23FO3. The van der Waals surface area contributed by atoms with E-state index in [1.54, 1.807) is 34.6 Å². The normalized spacial score (nSPS) is 28.5. The number of hydrogen-bond donors (Lipinski definition) is 0. The molecule has 0 amide bonds. The molecule has 1 aliphatic rings. The van der Waals surface area contributed by atoms with E-state index in [9.17, 15) is 14.0 Å². The molecule has 0 radical (unpaired) electrons. The van der Waals surface area contributed by atoms with Gasteiger partial charge in [0, 0.05) is 11.8 Å². The molecule has 1 aliphatic carbocycles. The maximum atomic E-state index is 13.5. The highest BCUT2D eigenvalue weighted by molar-refractivity contribution is 5.88. The highest BCUT2D eigenvalue weighted by Crippen LogP contribution is 2.37. The molecule has 0 bridgehead atoms. The molecule has 104 valence electrons. The van der Waals surface area contributed by atoms with Gasteiger partial charge in [-0.15, -0.1) is 0 Å². The second-order valence-electron chi connectivity index (χ2n) is 6.37. The predicted octanol–water partition coefficient (Wildman–Crippen LogP) is 2.92. The second kappa shape index (κ2) is 5.37. The fraction of sp³-hybridized carbons (Fsp3) is 0.857. The van der Waals surface area contributed by atoms with Gasteiger partial charge in [-0.2, -0.15) is 0 Å². The van der Waals surface area contributed by atoms with Gasteiger partial charge >= 0.3 is 5.97 Å². The van der Waals surface area contributed by atoms with E-state index in [2.05, 4.69) is 0 Å². The van der Waals surface area contributed by atoms with Gasteiger partial charge in [0.25, 0.3) is 0 Å². The Morgan fingerprint density at radius 2 is 1.67 bits per heavy atom. The number of ether oxygens (including phenoxy) is 1. The number of halogens is 1. The van der Waals surface area contributed by atoms with Crippen LogP contribution in [0, 0.1) is 17.8 Å². The minimum atomic E-state index is -1.07. The molecular weight excluding hydrogens is 235 g/mol. The van der Waals surface area contributed by atoms with Gasteiger partial charge in [-0.1, -0.05) is 13.8 Å². The molecule has 0 spiro atoms. The monoisotopic (exact) mass is 258 g/mol. The summed E-state index contributed by atoms with van der Waals surface area (Å²) in [7, 11) is 0. The minimum Gasteiger partial charge on any atom is -0.460 e. The Hall–Kier alpha value is -0.930. The molecule has 0 aromatic carbocycles. The third-order valence-corrected chi connectivity index (χ3v) is 3.15. The summed E-state index contributed by atoms with van der Waals surface area (Å²) in [5, 5.41) is 0. The van der Waals surface area contributed by atoms with Crippen LogP contribution in [0.2, 0.25) is 0 Å². The van der Waals surface area contributed by atoms with Crippen molar-refractivity contribution in [2.45, 2.75) is 59.2 Å². The van der Waals surface area contributed by atoms with Crippen LogP contribution in [0.25, 0.3) is 0 Å². The topological polar surface area (TPSA) is 43.4 Å². The molecule has 4 heteroatoms. The van der Waals surface area contributed by atoms with E-state index in [0.29, 0.717) is 0 Å². The number of alkyl halides is 1. The van der Waals surface area contributed by atoms with Crippen LogP contribution in [0.5, 0.6) is 0 Å². The molecule has 0 aliphatic heterocycles. The average molecular weight is 258 g/mol. The van der Waals surface area contributed by atoms with Gasteiger partial charge in [-0.05, 0) is 33.6 Å². The van der Waals surface area contributed by atoms with Crippen LogP contribution >= 0.6 is 0 Å². The maximum absolute atomic E-state index is 13.5. The molecule has 0 saturated heterocycles. The lowest BCUT2D eigenvalue weighted by Crippen LogP contribution is -2.34. The van der Waals surface area contributed by atoms with Crippen LogP contribution in [0.1, 0.15) is 47.5 Å². The van der Waals surface area contributed by atoms with Crippen LogP contribution in [0.15, 0.2) is 0 Å².